The first-order valence-corrected chi connectivity index (χ1v) is 8.84. The summed E-state index contributed by atoms with van der Waals surface area (Å²) in [6.45, 7) is 7.96. The third kappa shape index (κ3) is 3.08. The van der Waals surface area contributed by atoms with Crippen LogP contribution in [0.5, 0.6) is 0 Å². The highest BCUT2D eigenvalue weighted by Crippen LogP contribution is 2.31. The van der Waals surface area contributed by atoms with E-state index in [9.17, 15) is 0 Å². The third-order valence-electron chi connectivity index (χ3n) is 4.86. The van der Waals surface area contributed by atoms with Crippen molar-refractivity contribution in [2.24, 2.45) is 5.73 Å². The molecule has 3 heterocycles. The molecule has 0 aromatic carbocycles. The van der Waals surface area contributed by atoms with E-state index in [-0.39, 0.29) is 0 Å². The minimum absolute atomic E-state index is 0.434. The summed E-state index contributed by atoms with van der Waals surface area (Å²) in [6, 6.07) is 5.70. The molecule has 0 radical (unpaired) electrons. The van der Waals surface area contributed by atoms with E-state index in [0.29, 0.717) is 6.04 Å². The van der Waals surface area contributed by atoms with Gasteiger partial charge in [0.2, 0.25) is 0 Å². The summed E-state index contributed by atoms with van der Waals surface area (Å²) in [5.41, 5.74) is 6.07. The maximum atomic E-state index is 6.07. The minimum Gasteiger partial charge on any atom is -0.329 e. The quantitative estimate of drug-likeness (QED) is 0.926. The largest absolute Gasteiger partial charge is 0.329 e. The van der Waals surface area contributed by atoms with Crippen molar-refractivity contribution in [3.05, 3.63) is 21.9 Å². The van der Waals surface area contributed by atoms with Gasteiger partial charge in [0.1, 0.15) is 0 Å². The van der Waals surface area contributed by atoms with Gasteiger partial charge in [-0.2, -0.15) is 0 Å². The van der Waals surface area contributed by atoms with Crippen LogP contribution in [-0.2, 0) is 0 Å². The third-order valence-corrected chi connectivity index (χ3v) is 5.96. The van der Waals surface area contributed by atoms with Crippen molar-refractivity contribution in [2.45, 2.75) is 44.7 Å². The maximum Gasteiger partial charge on any atom is 0.0564 e. The van der Waals surface area contributed by atoms with Crippen molar-refractivity contribution in [2.75, 3.05) is 32.7 Å². The van der Waals surface area contributed by atoms with Crippen LogP contribution < -0.4 is 5.73 Å². The van der Waals surface area contributed by atoms with E-state index in [4.69, 9.17) is 5.73 Å². The Hall–Kier alpha value is -0.420. The molecule has 0 spiro atoms. The molecule has 2 aliphatic rings. The number of thiophene rings is 1. The highest BCUT2D eigenvalue weighted by Gasteiger charge is 2.32. The van der Waals surface area contributed by atoms with Crippen LogP contribution in [0, 0.1) is 6.92 Å². The van der Waals surface area contributed by atoms with Gasteiger partial charge in [-0.1, -0.05) is 6.42 Å². The van der Waals surface area contributed by atoms with E-state index in [0.717, 1.165) is 12.6 Å². The fourth-order valence-corrected chi connectivity index (χ4v) is 4.74. The predicted molar refractivity (Wildman–Crippen MR) is 86.3 cm³/mol. The second-order valence-corrected chi connectivity index (χ2v) is 7.55. The molecule has 0 bridgehead atoms. The number of hydrogen-bond acceptors (Lipinski definition) is 4. The van der Waals surface area contributed by atoms with E-state index in [1.807, 2.05) is 11.3 Å². The van der Waals surface area contributed by atoms with Crippen molar-refractivity contribution in [3.63, 3.8) is 0 Å². The van der Waals surface area contributed by atoms with Gasteiger partial charge in [0.25, 0.3) is 0 Å². The number of rotatable bonds is 4. The Kier molecular flexibility index (Phi) is 4.76. The highest BCUT2D eigenvalue weighted by molar-refractivity contribution is 7.12. The molecule has 3 rings (SSSR count). The Morgan fingerprint density at radius 2 is 2.05 bits per heavy atom. The van der Waals surface area contributed by atoms with E-state index >= 15 is 0 Å². The average molecular weight is 293 g/mol. The molecule has 1 aromatic rings. The van der Waals surface area contributed by atoms with Gasteiger partial charge >= 0.3 is 0 Å². The monoisotopic (exact) mass is 293 g/mol. The zero-order chi connectivity index (χ0) is 13.9. The van der Waals surface area contributed by atoms with Crippen LogP contribution in [-0.4, -0.2) is 48.6 Å². The number of aryl methyl sites for hydroxylation is 1. The number of piperidine rings is 1. The lowest BCUT2D eigenvalue weighted by molar-refractivity contribution is 0.153. The lowest BCUT2D eigenvalue weighted by Crippen LogP contribution is -2.41. The molecule has 20 heavy (non-hydrogen) atoms. The van der Waals surface area contributed by atoms with Crippen LogP contribution >= 0.6 is 11.3 Å². The molecule has 0 aliphatic carbocycles. The minimum atomic E-state index is 0.434. The molecule has 3 nitrogen and oxygen atoms in total. The molecule has 4 heteroatoms. The smallest absolute Gasteiger partial charge is 0.0564 e. The van der Waals surface area contributed by atoms with Crippen molar-refractivity contribution in [1.29, 1.82) is 0 Å². The van der Waals surface area contributed by atoms with E-state index in [1.165, 1.54) is 61.6 Å². The topological polar surface area (TPSA) is 32.5 Å². The van der Waals surface area contributed by atoms with Crippen LogP contribution in [0.25, 0.3) is 0 Å². The molecule has 2 aliphatic heterocycles. The highest BCUT2D eigenvalue weighted by atomic mass is 32.1. The van der Waals surface area contributed by atoms with Gasteiger partial charge < -0.3 is 5.73 Å². The lowest BCUT2D eigenvalue weighted by atomic mass is 10.1. The fraction of sp³-hybridized carbons (Fsp3) is 0.750. The molecule has 2 fully saturated rings. The van der Waals surface area contributed by atoms with E-state index in [2.05, 4.69) is 28.9 Å². The summed E-state index contributed by atoms with van der Waals surface area (Å²) in [4.78, 5) is 8.18. The van der Waals surface area contributed by atoms with E-state index in [1.54, 1.807) is 0 Å². The van der Waals surface area contributed by atoms with Crippen molar-refractivity contribution < 1.29 is 0 Å². The van der Waals surface area contributed by atoms with Crippen LogP contribution in [0.3, 0.4) is 0 Å². The molecule has 2 N–H and O–H groups in total. The van der Waals surface area contributed by atoms with Crippen LogP contribution in [0.2, 0.25) is 0 Å². The molecule has 112 valence electrons. The van der Waals surface area contributed by atoms with Crippen molar-refractivity contribution >= 4 is 11.3 Å². The Labute approximate surface area is 126 Å². The zero-order valence-electron chi connectivity index (χ0n) is 12.6. The fourth-order valence-electron chi connectivity index (χ4n) is 3.71. The summed E-state index contributed by atoms with van der Waals surface area (Å²) in [6.07, 6.45) is 5.52. The second-order valence-electron chi connectivity index (χ2n) is 6.23. The summed E-state index contributed by atoms with van der Waals surface area (Å²) >= 11 is 1.91. The Bertz CT molecular complexity index is 425. The molecule has 0 saturated carbocycles. The number of likely N-dealkylation sites (tertiary alicyclic amines) is 2. The first-order chi connectivity index (χ1) is 9.78. The van der Waals surface area contributed by atoms with Gasteiger partial charge in [-0.05, 0) is 51.4 Å². The average Bonchev–Trinajstić information content (AvgIpc) is 3.11. The van der Waals surface area contributed by atoms with Crippen LogP contribution in [0.4, 0.5) is 0 Å². The summed E-state index contributed by atoms with van der Waals surface area (Å²) in [5.74, 6) is 0. The molecular weight excluding hydrogens is 266 g/mol. The summed E-state index contributed by atoms with van der Waals surface area (Å²) < 4.78 is 0. The zero-order valence-corrected chi connectivity index (χ0v) is 13.4. The van der Waals surface area contributed by atoms with Gasteiger partial charge in [0, 0.05) is 35.4 Å². The molecule has 0 amide bonds. The first kappa shape index (κ1) is 14.5. The molecule has 2 unspecified atom stereocenters. The predicted octanol–water partition coefficient (Wildman–Crippen LogP) is 2.62. The molecule has 2 atom stereocenters. The Morgan fingerprint density at radius 1 is 1.25 bits per heavy atom. The summed E-state index contributed by atoms with van der Waals surface area (Å²) in [7, 11) is 0. The van der Waals surface area contributed by atoms with Crippen molar-refractivity contribution in [1.82, 2.24) is 9.80 Å². The van der Waals surface area contributed by atoms with Gasteiger partial charge in [-0.25, -0.2) is 0 Å². The van der Waals surface area contributed by atoms with Gasteiger partial charge in [0.15, 0.2) is 0 Å². The molecule has 2 saturated heterocycles. The molecule has 1 aromatic heterocycles. The van der Waals surface area contributed by atoms with Gasteiger partial charge in [-0.3, -0.25) is 9.80 Å². The normalized spacial score (nSPS) is 27.0. The molecular formula is C16H27N3S. The maximum absolute atomic E-state index is 6.07. The van der Waals surface area contributed by atoms with Crippen molar-refractivity contribution in [3.8, 4) is 0 Å². The number of hydrogen-bond donors (Lipinski definition) is 1. The first-order valence-electron chi connectivity index (χ1n) is 8.02. The standard InChI is InChI=1S/C16H27N3S/c1-13-5-6-16(20-13)15(11-17)19-10-7-14(12-19)18-8-3-2-4-9-18/h5-6,14-15H,2-4,7-12,17H2,1H3. The Morgan fingerprint density at radius 3 is 2.70 bits per heavy atom. The SMILES string of the molecule is Cc1ccc(C(CN)N2CCC(N3CCCCC3)C2)s1. The van der Waals surface area contributed by atoms with Gasteiger partial charge in [0.05, 0.1) is 6.04 Å². The van der Waals surface area contributed by atoms with Crippen LogP contribution in [0.1, 0.15) is 41.5 Å². The van der Waals surface area contributed by atoms with Gasteiger partial charge in [-0.15, -0.1) is 11.3 Å². The van der Waals surface area contributed by atoms with E-state index < -0.39 is 0 Å². The number of nitrogens with zero attached hydrogens (tertiary/aromatic N) is 2. The lowest BCUT2D eigenvalue weighted by Gasteiger charge is -2.33. The summed E-state index contributed by atoms with van der Waals surface area (Å²) in [5, 5.41) is 0. The second kappa shape index (κ2) is 6.56. The van der Waals surface area contributed by atoms with Crippen LogP contribution in [0.15, 0.2) is 12.1 Å². The number of nitrogens with two attached hydrogens (primary N) is 1. The Balaban J connectivity index is 1.62.